The third kappa shape index (κ3) is 5.46. The minimum atomic E-state index is -0.398. The lowest BCUT2D eigenvalue weighted by atomic mass is 10.2. The van der Waals surface area contributed by atoms with Crippen LogP contribution < -0.4 is 10.6 Å². The molecule has 0 atom stereocenters. The molecule has 2 amide bonds. The number of anilines is 2. The van der Waals surface area contributed by atoms with E-state index in [4.69, 9.17) is 0 Å². The first-order valence-corrected chi connectivity index (χ1v) is 10.2. The van der Waals surface area contributed by atoms with Crippen LogP contribution in [0.4, 0.5) is 15.2 Å². The molecule has 1 heterocycles. The van der Waals surface area contributed by atoms with Gasteiger partial charge in [-0.25, -0.2) is 9.37 Å². The van der Waals surface area contributed by atoms with Crippen molar-refractivity contribution in [1.29, 1.82) is 0 Å². The molecule has 2 aromatic carbocycles. The number of thiazole rings is 1. The summed E-state index contributed by atoms with van der Waals surface area (Å²) in [6.45, 7) is 1.96. The minimum absolute atomic E-state index is 0.105. The van der Waals surface area contributed by atoms with Crippen molar-refractivity contribution in [3.05, 3.63) is 75.0 Å². The van der Waals surface area contributed by atoms with Gasteiger partial charge in [0.1, 0.15) is 5.82 Å². The third-order valence-corrected chi connectivity index (χ3v) is 5.62. The van der Waals surface area contributed by atoms with E-state index in [1.54, 1.807) is 5.38 Å². The Bertz CT molecular complexity index is 1000. The van der Waals surface area contributed by atoms with E-state index in [2.05, 4.69) is 31.5 Å². The third-order valence-electron chi connectivity index (χ3n) is 3.93. The SMILES string of the molecule is Cc1cc(NC(=O)CCc2csc(NC(=O)c3ccc(F)cc3)n2)ccc1Br. The van der Waals surface area contributed by atoms with E-state index in [0.717, 1.165) is 21.4 Å². The van der Waals surface area contributed by atoms with Gasteiger partial charge in [0.2, 0.25) is 5.91 Å². The second kappa shape index (κ2) is 9.07. The fourth-order valence-electron chi connectivity index (χ4n) is 2.44. The number of rotatable bonds is 6. The van der Waals surface area contributed by atoms with Gasteiger partial charge >= 0.3 is 0 Å². The Hall–Kier alpha value is -2.58. The number of amides is 2. The molecule has 0 aliphatic rings. The molecular formula is C20H17BrFN3O2S. The van der Waals surface area contributed by atoms with Gasteiger partial charge in [0.15, 0.2) is 5.13 Å². The molecule has 0 saturated carbocycles. The number of hydrogen-bond acceptors (Lipinski definition) is 4. The van der Waals surface area contributed by atoms with Crippen molar-refractivity contribution >= 4 is 49.9 Å². The highest BCUT2D eigenvalue weighted by Crippen LogP contribution is 2.21. The molecule has 144 valence electrons. The quantitative estimate of drug-likeness (QED) is 0.531. The van der Waals surface area contributed by atoms with Gasteiger partial charge in [-0.2, -0.15) is 0 Å². The topological polar surface area (TPSA) is 71.1 Å². The number of nitrogens with one attached hydrogen (secondary N) is 2. The van der Waals surface area contributed by atoms with Crippen molar-refractivity contribution in [2.45, 2.75) is 19.8 Å². The second-order valence-electron chi connectivity index (χ2n) is 6.12. The Kier molecular flexibility index (Phi) is 6.53. The molecule has 5 nitrogen and oxygen atoms in total. The van der Waals surface area contributed by atoms with Crippen LogP contribution in [0.25, 0.3) is 0 Å². The highest BCUT2D eigenvalue weighted by molar-refractivity contribution is 9.10. The first kappa shape index (κ1) is 20.2. The van der Waals surface area contributed by atoms with E-state index in [9.17, 15) is 14.0 Å². The lowest BCUT2D eigenvalue weighted by molar-refractivity contribution is -0.116. The Balaban J connectivity index is 1.51. The lowest BCUT2D eigenvalue weighted by Crippen LogP contribution is -2.13. The predicted octanol–water partition coefficient (Wildman–Crippen LogP) is 5.18. The van der Waals surface area contributed by atoms with E-state index >= 15 is 0 Å². The van der Waals surface area contributed by atoms with Gasteiger partial charge in [-0.05, 0) is 61.4 Å². The normalized spacial score (nSPS) is 10.5. The van der Waals surface area contributed by atoms with Crippen molar-refractivity contribution in [3.8, 4) is 0 Å². The first-order valence-electron chi connectivity index (χ1n) is 8.48. The van der Waals surface area contributed by atoms with Crippen LogP contribution in [-0.2, 0) is 11.2 Å². The van der Waals surface area contributed by atoms with Crippen LogP contribution in [-0.4, -0.2) is 16.8 Å². The molecule has 8 heteroatoms. The largest absolute Gasteiger partial charge is 0.326 e. The molecule has 0 saturated heterocycles. The van der Waals surface area contributed by atoms with Crippen molar-refractivity contribution < 1.29 is 14.0 Å². The van der Waals surface area contributed by atoms with Crippen LogP contribution in [0.3, 0.4) is 0 Å². The van der Waals surface area contributed by atoms with Crippen LogP contribution in [0, 0.1) is 12.7 Å². The first-order chi connectivity index (χ1) is 13.4. The molecule has 0 bridgehead atoms. The highest BCUT2D eigenvalue weighted by Gasteiger charge is 2.11. The van der Waals surface area contributed by atoms with Crippen LogP contribution in [0.5, 0.6) is 0 Å². The molecule has 0 radical (unpaired) electrons. The Morgan fingerprint density at radius 3 is 2.61 bits per heavy atom. The molecule has 3 aromatic rings. The van der Waals surface area contributed by atoms with Crippen LogP contribution >= 0.6 is 27.3 Å². The van der Waals surface area contributed by atoms with Crippen LogP contribution in [0.1, 0.15) is 28.0 Å². The zero-order chi connectivity index (χ0) is 20.1. The summed E-state index contributed by atoms with van der Waals surface area (Å²) in [7, 11) is 0. The van der Waals surface area contributed by atoms with E-state index in [-0.39, 0.29) is 18.2 Å². The Morgan fingerprint density at radius 1 is 1.14 bits per heavy atom. The highest BCUT2D eigenvalue weighted by atomic mass is 79.9. The smallest absolute Gasteiger partial charge is 0.257 e. The number of carbonyl (C=O) groups excluding carboxylic acids is 2. The maximum absolute atomic E-state index is 12.9. The summed E-state index contributed by atoms with van der Waals surface area (Å²) in [5.41, 5.74) is 2.86. The van der Waals surface area contributed by atoms with E-state index in [1.165, 1.54) is 35.6 Å². The summed E-state index contributed by atoms with van der Waals surface area (Å²) in [5, 5.41) is 7.78. The Labute approximate surface area is 174 Å². The number of nitrogens with zero attached hydrogens (tertiary/aromatic N) is 1. The second-order valence-corrected chi connectivity index (χ2v) is 7.83. The number of carbonyl (C=O) groups is 2. The summed E-state index contributed by atoms with van der Waals surface area (Å²) in [4.78, 5) is 28.6. The zero-order valence-corrected chi connectivity index (χ0v) is 17.4. The van der Waals surface area contributed by atoms with Gasteiger partial charge in [0, 0.05) is 27.5 Å². The fourth-order valence-corrected chi connectivity index (χ4v) is 3.42. The van der Waals surface area contributed by atoms with Gasteiger partial charge in [0.25, 0.3) is 5.91 Å². The summed E-state index contributed by atoms with van der Waals surface area (Å²) in [5.74, 6) is -0.861. The zero-order valence-electron chi connectivity index (χ0n) is 15.0. The van der Waals surface area contributed by atoms with Gasteiger partial charge in [0.05, 0.1) is 5.69 Å². The molecule has 0 aliphatic heterocycles. The average molecular weight is 462 g/mol. The average Bonchev–Trinajstić information content (AvgIpc) is 3.11. The summed E-state index contributed by atoms with van der Waals surface area (Å²) in [6.07, 6.45) is 0.744. The molecule has 28 heavy (non-hydrogen) atoms. The number of benzene rings is 2. The maximum Gasteiger partial charge on any atom is 0.257 e. The molecule has 0 aliphatic carbocycles. The monoisotopic (exact) mass is 461 g/mol. The predicted molar refractivity (Wildman–Crippen MR) is 112 cm³/mol. The maximum atomic E-state index is 12.9. The van der Waals surface area contributed by atoms with Crippen molar-refractivity contribution in [2.75, 3.05) is 10.6 Å². The number of hydrogen-bond donors (Lipinski definition) is 2. The molecule has 0 fully saturated rings. The standard InChI is InChI=1S/C20H17BrFN3O2S/c1-12-10-15(6-8-17(12)21)23-18(26)9-7-16-11-28-20(24-16)25-19(27)13-2-4-14(22)5-3-13/h2-6,8,10-11H,7,9H2,1H3,(H,23,26)(H,24,25,27). The van der Waals surface area contributed by atoms with Crippen LogP contribution in [0.15, 0.2) is 52.3 Å². The van der Waals surface area contributed by atoms with Crippen molar-refractivity contribution in [2.24, 2.45) is 0 Å². The van der Waals surface area contributed by atoms with E-state index in [1.807, 2.05) is 25.1 Å². The van der Waals surface area contributed by atoms with Gasteiger partial charge in [-0.3, -0.25) is 14.9 Å². The molecule has 2 N–H and O–H groups in total. The van der Waals surface area contributed by atoms with Gasteiger partial charge in [-0.15, -0.1) is 11.3 Å². The summed E-state index contributed by atoms with van der Waals surface area (Å²) in [6, 6.07) is 10.9. The fraction of sp³-hybridized carbons (Fsp3) is 0.150. The number of aryl methyl sites for hydroxylation is 2. The Morgan fingerprint density at radius 2 is 1.89 bits per heavy atom. The number of halogens is 2. The number of aromatic nitrogens is 1. The van der Waals surface area contributed by atoms with Crippen molar-refractivity contribution in [3.63, 3.8) is 0 Å². The molecule has 0 spiro atoms. The van der Waals surface area contributed by atoms with E-state index in [0.29, 0.717) is 17.1 Å². The summed E-state index contributed by atoms with van der Waals surface area (Å²) < 4.78 is 13.9. The van der Waals surface area contributed by atoms with Crippen LogP contribution in [0.2, 0.25) is 0 Å². The van der Waals surface area contributed by atoms with Crippen molar-refractivity contribution in [1.82, 2.24) is 4.98 Å². The lowest BCUT2D eigenvalue weighted by Gasteiger charge is -2.06. The molecule has 0 unspecified atom stereocenters. The summed E-state index contributed by atoms with van der Waals surface area (Å²) >= 11 is 4.71. The molecule has 1 aromatic heterocycles. The van der Waals surface area contributed by atoms with E-state index < -0.39 is 5.82 Å². The minimum Gasteiger partial charge on any atom is -0.326 e. The van der Waals surface area contributed by atoms with Gasteiger partial charge in [-0.1, -0.05) is 15.9 Å². The van der Waals surface area contributed by atoms with Gasteiger partial charge < -0.3 is 5.32 Å². The molecular weight excluding hydrogens is 445 g/mol. The molecule has 3 rings (SSSR count).